The maximum Gasteiger partial charge on any atom is 0.0966 e. The lowest BCUT2D eigenvalue weighted by molar-refractivity contribution is 0.194. The first-order chi connectivity index (χ1) is 8.00. The van der Waals surface area contributed by atoms with E-state index in [1.165, 1.54) is 0 Å². The summed E-state index contributed by atoms with van der Waals surface area (Å²) in [4.78, 5) is 3.78. The van der Waals surface area contributed by atoms with Crippen LogP contribution in [0, 0.1) is 0 Å². The monoisotopic (exact) mass is 225 g/mol. The van der Waals surface area contributed by atoms with Crippen LogP contribution >= 0.6 is 0 Å². The molecule has 2 N–H and O–H groups in total. The van der Waals surface area contributed by atoms with Gasteiger partial charge in [-0.2, -0.15) is 0 Å². The average Bonchev–Trinajstić information content (AvgIpc) is 3.10. The topological polar surface area (TPSA) is 55.4 Å². The number of nitrogens with zero attached hydrogens (tertiary/aromatic N) is 1. The van der Waals surface area contributed by atoms with E-state index in [0.717, 1.165) is 39.8 Å². The molecule has 5 heteroatoms. The largest absolute Gasteiger partial charge is 0.365 e. The number of nitrogens with one attached hydrogen (secondary N) is 2. The quantitative estimate of drug-likeness (QED) is 0.661. The van der Waals surface area contributed by atoms with Gasteiger partial charge in [0.05, 0.1) is 26.7 Å². The number of ether oxygens (including phenoxy) is 2. The molecule has 16 heavy (non-hydrogen) atoms. The van der Waals surface area contributed by atoms with E-state index in [9.17, 15) is 0 Å². The third-order valence-corrected chi connectivity index (χ3v) is 1.82. The molecule has 1 aromatic heterocycles. The van der Waals surface area contributed by atoms with Crippen molar-refractivity contribution in [2.75, 3.05) is 39.8 Å². The Morgan fingerprint density at radius 2 is 1.38 bits per heavy atom. The van der Waals surface area contributed by atoms with E-state index in [1.54, 1.807) is 12.4 Å². The normalized spacial score (nSPS) is 18.0. The van der Waals surface area contributed by atoms with E-state index in [4.69, 9.17) is 9.47 Å². The number of rotatable bonds is 0. The fraction of sp³-hybridized carbons (Fsp3) is 0.545. The fourth-order valence-corrected chi connectivity index (χ4v) is 1.03. The highest BCUT2D eigenvalue weighted by Crippen LogP contribution is 1.76. The minimum absolute atomic E-state index is 0.750. The van der Waals surface area contributed by atoms with E-state index in [2.05, 4.69) is 15.6 Å². The van der Waals surface area contributed by atoms with E-state index < -0.39 is 0 Å². The van der Waals surface area contributed by atoms with Gasteiger partial charge in [-0.15, -0.1) is 0 Å². The molecule has 0 unspecified atom stereocenters. The zero-order valence-electron chi connectivity index (χ0n) is 9.39. The highest BCUT2D eigenvalue weighted by atomic mass is 16.5. The molecule has 5 nitrogen and oxygen atoms in total. The molecule has 0 radical (unpaired) electrons. The maximum atomic E-state index is 4.83. The van der Waals surface area contributed by atoms with Crippen LogP contribution in [-0.2, 0) is 9.47 Å². The summed E-state index contributed by atoms with van der Waals surface area (Å²) in [6.07, 6.45) is 3.50. The summed E-state index contributed by atoms with van der Waals surface area (Å²) in [6.45, 7) is 5.33. The van der Waals surface area contributed by atoms with Crippen LogP contribution in [0.2, 0.25) is 0 Å². The molecule has 0 spiro atoms. The van der Waals surface area contributed by atoms with Gasteiger partial charge in [0.15, 0.2) is 0 Å². The first kappa shape index (κ1) is 13.1. The Bertz CT molecular complexity index is 174. The van der Waals surface area contributed by atoms with Gasteiger partial charge in [-0.3, -0.25) is 15.6 Å². The second-order valence-electron chi connectivity index (χ2n) is 3.13. The Balaban J connectivity index is 0.000000121. The zero-order chi connectivity index (χ0) is 11.3. The molecule has 2 saturated heterocycles. The van der Waals surface area contributed by atoms with Gasteiger partial charge in [0, 0.05) is 25.5 Å². The van der Waals surface area contributed by atoms with E-state index in [1.807, 2.05) is 18.2 Å². The number of pyridine rings is 1. The minimum Gasteiger partial charge on any atom is -0.365 e. The Kier molecular flexibility index (Phi) is 8.57. The van der Waals surface area contributed by atoms with Gasteiger partial charge in [-0.05, 0) is 12.1 Å². The molecule has 0 atom stereocenters. The minimum atomic E-state index is 0.750. The van der Waals surface area contributed by atoms with Crippen molar-refractivity contribution in [3.63, 3.8) is 0 Å². The Hall–Kier alpha value is -1.01. The van der Waals surface area contributed by atoms with Crippen LogP contribution in [-0.4, -0.2) is 44.7 Å². The summed E-state index contributed by atoms with van der Waals surface area (Å²) >= 11 is 0. The molecule has 2 aliphatic rings. The lowest BCUT2D eigenvalue weighted by atomic mass is 10.5. The second kappa shape index (κ2) is 10.5. The van der Waals surface area contributed by atoms with Gasteiger partial charge in [-0.25, -0.2) is 0 Å². The van der Waals surface area contributed by atoms with Gasteiger partial charge in [0.2, 0.25) is 0 Å². The van der Waals surface area contributed by atoms with Crippen LogP contribution in [0.1, 0.15) is 0 Å². The summed E-state index contributed by atoms with van der Waals surface area (Å²) < 4.78 is 9.67. The van der Waals surface area contributed by atoms with E-state index in [0.29, 0.717) is 0 Å². The molecule has 2 aliphatic heterocycles. The smallest absolute Gasteiger partial charge is 0.0966 e. The van der Waals surface area contributed by atoms with Crippen LogP contribution in [0.25, 0.3) is 0 Å². The van der Waals surface area contributed by atoms with Crippen molar-refractivity contribution in [3.8, 4) is 0 Å². The summed E-state index contributed by atoms with van der Waals surface area (Å²) in [5.41, 5.74) is 0. The van der Waals surface area contributed by atoms with Crippen molar-refractivity contribution >= 4 is 0 Å². The Labute approximate surface area is 96.2 Å². The molecule has 2 fully saturated rings. The van der Waals surface area contributed by atoms with Gasteiger partial charge in [-0.1, -0.05) is 6.07 Å². The average molecular weight is 225 g/mol. The molecule has 3 heterocycles. The molecule has 3 rings (SSSR count). The Morgan fingerprint density at radius 3 is 1.50 bits per heavy atom. The molecule has 0 amide bonds. The zero-order valence-corrected chi connectivity index (χ0v) is 9.39. The SMILES string of the molecule is C1COCN1.C1COCN1.c1ccncc1. The maximum absolute atomic E-state index is 4.83. The molecule has 0 bridgehead atoms. The van der Waals surface area contributed by atoms with Gasteiger partial charge >= 0.3 is 0 Å². The lowest BCUT2D eigenvalue weighted by Crippen LogP contribution is -2.05. The molecular weight excluding hydrogens is 206 g/mol. The lowest BCUT2D eigenvalue weighted by Gasteiger charge is -1.76. The molecule has 0 aliphatic carbocycles. The third-order valence-electron chi connectivity index (χ3n) is 1.82. The molecule has 0 saturated carbocycles. The standard InChI is InChI=1S/C5H5N.2C3H7NO/c1-2-4-6-5-3-1;2*1-2-5-3-4-1/h1-5H;2*4H,1-3H2. The number of hydrogen-bond acceptors (Lipinski definition) is 5. The molecule has 90 valence electrons. The van der Waals surface area contributed by atoms with Crippen LogP contribution in [0.15, 0.2) is 30.6 Å². The van der Waals surface area contributed by atoms with Crippen molar-refractivity contribution in [3.05, 3.63) is 30.6 Å². The highest BCUT2D eigenvalue weighted by molar-refractivity contribution is 4.88. The van der Waals surface area contributed by atoms with Crippen molar-refractivity contribution in [2.24, 2.45) is 0 Å². The van der Waals surface area contributed by atoms with Crippen molar-refractivity contribution in [1.82, 2.24) is 15.6 Å². The first-order valence-corrected chi connectivity index (χ1v) is 5.42. The van der Waals surface area contributed by atoms with Crippen molar-refractivity contribution < 1.29 is 9.47 Å². The number of aromatic nitrogens is 1. The van der Waals surface area contributed by atoms with Gasteiger partial charge in [0.1, 0.15) is 0 Å². The number of hydrogen-bond donors (Lipinski definition) is 2. The van der Waals surface area contributed by atoms with Crippen molar-refractivity contribution in [2.45, 2.75) is 0 Å². The third kappa shape index (κ3) is 8.31. The fourth-order valence-electron chi connectivity index (χ4n) is 1.03. The van der Waals surface area contributed by atoms with Gasteiger partial charge < -0.3 is 9.47 Å². The Morgan fingerprint density at radius 1 is 0.812 bits per heavy atom. The molecule has 1 aromatic rings. The predicted molar refractivity (Wildman–Crippen MR) is 61.9 cm³/mol. The van der Waals surface area contributed by atoms with Crippen molar-refractivity contribution in [1.29, 1.82) is 0 Å². The van der Waals surface area contributed by atoms with Gasteiger partial charge in [0.25, 0.3) is 0 Å². The van der Waals surface area contributed by atoms with Crippen LogP contribution in [0.4, 0.5) is 0 Å². The summed E-state index contributed by atoms with van der Waals surface area (Å²) in [6, 6.07) is 5.72. The summed E-state index contributed by atoms with van der Waals surface area (Å²) in [5, 5.41) is 6.00. The van der Waals surface area contributed by atoms with Crippen LogP contribution in [0.5, 0.6) is 0 Å². The first-order valence-electron chi connectivity index (χ1n) is 5.42. The van der Waals surface area contributed by atoms with E-state index in [-0.39, 0.29) is 0 Å². The second-order valence-corrected chi connectivity index (χ2v) is 3.13. The predicted octanol–water partition coefficient (Wildman–Crippen LogP) is 0.209. The summed E-state index contributed by atoms with van der Waals surface area (Å²) in [5.74, 6) is 0. The summed E-state index contributed by atoms with van der Waals surface area (Å²) in [7, 11) is 0. The van der Waals surface area contributed by atoms with Crippen LogP contribution in [0.3, 0.4) is 0 Å². The molecule has 0 aromatic carbocycles. The molecular formula is C11H19N3O2. The van der Waals surface area contributed by atoms with E-state index >= 15 is 0 Å². The van der Waals surface area contributed by atoms with Crippen LogP contribution < -0.4 is 10.6 Å². The highest BCUT2D eigenvalue weighted by Gasteiger charge is 1.92.